The highest BCUT2D eigenvalue weighted by Crippen LogP contribution is 2.38. The second-order valence-electron chi connectivity index (χ2n) is 25.4. The zero-order valence-corrected chi connectivity index (χ0v) is 59.2. The number of esters is 1. The van der Waals surface area contributed by atoms with E-state index >= 15 is 0 Å². The number of nitrogens with zero attached hydrogens (tertiary/aromatic N) is 1. The lowest BCUT2D eigenvalue weighted by molar-refractivity contribution is -0.870. The number of carbonyl (C=O) groups is 2. The lowest BCUT2D eigenvalue weighted by Gasteiger charge is -2.30. The Morgan fingerprint density at radius 3 is 1.10 bits per heavy atom. The molecule has 0 spiro atoms. The van der Waals surface area contributed by atoms with Crippen LogP contribution >= 0.6 is 7.82 Å². The number of hydrogen-bond acceptors (Lipinski definition) is 7. The molecule has 3 atom stereocenters. The van der Waals surface area contributed by atoms with Crippen LogP contribution in [0.25, 0.3) is 0 Å². The third-order valence-corrected chi connectivity index (χ3v) is 16.5. The lowest BCUT2D eigenvalue weighted by atomic mass is 10.0. The Bertz CT molecular complexity index is 1990. The summed E-state index contributed by atoms with van der Waals surface area (Å²) in [4.78, 5) is 40.2. The van der Waals surface area contributed by atoms with Crippen LogP contribution in [0.2, 0.25) is 0 Å². The standard InChI is InChI=1S/C79H137N2O7P/c1-7-10-13-16-19-22-25-27-29-31-33-35-37-39-40-42-43-45-47-49-51-53-56-59-62-65-68-71-78(82)80-76(75-87-89(84,85)86-74-73-81(4,5)6)77(70-67-64-61-58-55-24-21-18-15-12-9-3)88-79(83)72-69-66-63-60-57-54-52-50-48-46-44-41-38-36-34-32-30-28-26-23-20-17-14-11-8-2/h10,13,19-20,22-23,27-30,33-36,39-41,43-45,67,70,76-77H,7-9,11-12,14-18,21,24-26,31-32,37-38,42,46-66,68-69,71-75H2,1-6H3,(H-,80,82,84,85)/b13-10-,22-19-,23-20-,29-27-,30-28-,35-33-,36-34-,40-39-,44-41-,45-43-,70-67+. The second kappa shape index (κ2) is 67.1. The molecule has 0 aliphatic rings. The summed E-state index contributed by atoms with van der Waals surface area (Å²) in [5.41, 5.74) is 0. The van der Waals surface area contributed by atoms with Crippen molar-refractivity contribution in [3.63, 3.8) is 0 Å². The van der Waals surface area contributed by atoms with E-state index < -0.39 is 26.6 Å². The van der Waals surface area contributed by atoms with E-state index in [4.69, 9.17) is 13.8 Å². The van der Waals surface area contributed by atoms with Gasteiger partial charge in [0.2, 0.25) is 5.91 Å². The lowest BCUT2D eigenvalue weighted by Crippen LogP contribution is -2.47. The fourth-order valence-electron chi connectivity index (χ4n) is 9.98. The maximum atomic E-state index is 13.6. The molecule has 10 heteroatoms. The van der Waals surface area contributed by atoms with Crippen molar-refractivity contribution in [2.24, 2.45) is 0 Å². The molecule has 0 aliphatic heterocycles. The van der Waals surface area contributed by atoms with E-state index in [2.05, 4.69) is 148 Å². The average Bonchev–Trinajstić information content (AvgIpc) is 3.70. The van der Waals surface area contributed by atoms with Gasteiger partial charge in [0, 0.05) is 12.8 Å². The number of carbonyl (C=O) groups excluding carboxylic acids is 2. The number of phosphoric ester groups is 1. The van der Waals surface area contributed by atoms with Gasteiger partial charge in [0.05, 0.1) is 33.8 Å². The van der Waals surface area contributed by atoms with Crippen LogP contribution in [0.3, 0.4) is 0 Å². The van der Waals surface area contributed by atoms with Crippen molar-refractivity contribution in [3.8, 4) is 0 Å². The van der Waals surface area contributed by atoms with Crippen LogP contribution in [0.15, 0.2) is 134 Å². The van der Waals surface area contributed by atoms with Gasteiger partial charge in [-0.2, -0.15) is 0 Å². The van der Waals surface area contributed by atoms with Gasteiger partial charge in [-0.3, -0.25) is 14.2 Å². The average molecular weight is 1260 g/mol. The molecular formula is C79H137N2O7P. The highest BCUT2D eigenvalue weighted by molar-refractivity contribution is 7.45. The molecule has 3 unspecified atom stereocenters. The molecule has 0 aliphatic carbocycles. The molecule has 0 bridgehead atoms. The molecule has 0 aromatic heterocycles. The Hall–Kier alpha value is -3.85. The maximum Gasteiger partial charge on any atom is 0.306 e. The van der Waals surface area contributed by atoms with Crippen LogP contribution in [0.4, 0.5) is 0 Å². The van der Waals surface area contributed by atoms with Gasteiger partial charge in [0.25, 0.3) is 7.82 Å². The van der Waals surface area contributed by atoms with Gasteiger partial charge in [-0.15, -0.1) is 0 Å². The summed E-state index contributed by atoms with van der Waals surface area (Å²) in [6.45, 7) is 6.69. The first-order valence-electron chi connectivity index (χ1n) is 36.5. The fourth-order valence-corrected chi connectivity index (χ4v) is 10.7. The van der Waals surface area contributed by atoms with Gasteiger partial charge in [0.15, 0.2) is 0 Å². The first-order valence-corrected chi connectivity index (χ1v) is 38.0. The number of phosphoric acid groups is 1. The molecule has 0 rings (SSSR count). The predicted octanol–water partition coefficient (Wildman–Crippen LogP) is 22.9. The summed E-state index contributed by atoms with van der Waals surface area (Å²) in [6.07, 6.45) is 95.7. The van der Waals surface area contributed by atoms with Crippen LogP contribution in [-0.2, 0) is 27.9 Å². The van der Waals surface area contributed by atoms with Crippen LogP contribution in [-0.4, -0.2) is 69.4 Å². The molecule has 0 radical (unpaired) electrons. The third kappa shape index (κ3) is 68.4. The number of rotatable bonds is 65. The quantitative estimate of drug-likeness (QED) is 0.0212. The van der Waals surface area contributed by atoms with Crippen molar-refractivity contribution in [2.75, 3.05) is 40.9 Å². The molecule has 1 N–H and O–H groups in total. The molecule has 0 fully saturated rings. The van der Waals surface area contributed by atoms with E-state index in [1.54, 1.807) is 0 Å². The molecule has 0 aromatic rings. The van der Waals surface area contributed by atoms with Crippen molar-refractivity contribution in [2.45, 2.75) is 315 Å². The topological polar surface area (TPSA) is 114 Å². The van der Waals surface area contributed by atoms with Crippen molar-refractivity contribution < 1.29 is 37.3 Å². The molecular weight excluding hydrogens is 1120 g/mol. The Kier molecular flexibility index (Phi) is 64.2. The number of allylic oxidation sites excluding steroid dienone is 21. The maximum absolute atomic E-state index is 13.6. The number of ether oxygens (including phenoxy) is 1. The molecule has 0 saturated carbocycles. The summed E-state index contributed by atoms with van der Waals surface area (Å²) < 4.78 is 30.4. The van der Waals surface area contributed by atoms with Gasteiger partial charge in [-0.1, -0.05) is 296 Å². The summed E-state index contributed by atoms with van der Waals surface area (Å²) in [5, 5.41) is 3.03. The van der Waals surface area contributed by atoms with Gasteiger partial charge < -0.3 is 28.5 Å². The second-order valence-corrected chi connectivity index (χ2v) is 26.8. The molecule has 0 heterocycles. The zero-order valence-electron chi connectivity index (χ0n) is 58.3. The van der Waals surface area contributed by atoms with Crippen LogP contribution in [0.1, 0.15) is 303 Å². The Morgan fingerprint density at radius 2 is 0.719 bits per heavy atom. The largest absolute Gasteiger partial charge is 0.756 e. The van der Waals surface area contributed by atoms with E-state index in [1.807, 2.05) is 33.3 Å². The minimum Gasteiger partial charge on any atom is -0.756 e. The van der Waals surface area contributed by atoms with Gasteiger partial charge in [-0.05, 0) is 128 Å². The monoisotopic (exact) mass is 1260 g/mol. The number of unbranched alkanes of at least 4 members (excludes halogenated alkanes) is 29. The number of quaternary nitrogens is 1. The van der Waals surface area contributed by atoms with E-state index in [0.29, 0.717) is 17.4 Å². The summed E-state index contributed by atoms with van der Waals surface area (Å²) in [7, 11) is 1.16. The predicted molar refractivity (Wildman–Crippen MR) is 385 cm³/mol. The van der Waals surface area contributed by atoms with Crippen molar-refractivity contribution in [3.05, 3.63) is 134 Å². The molecule has 1 amide bonds. The van der Waals surface area contributed by atoms with E-state index in [1.165, 1.54) is 128 Å². The summed E-state index contributed by atoms with van der Waals surface area (Å²) in [6, 6.07) is -0.906. The summed E-state index contributed by atoms with van der Waals surface area (Å²) >= 11 is 0. The van der Waals surface area contributed by atoms with Crippen LogP contribution in [0.5, 0.6) is 0 Å². The minimum atomic E-state index is -4.72. The van der Waals surface area contributed by atoms with E-state index in [-0.39, 0.29) is 24.9 Å². The van der Waals surface area contributed by atoms with Crippen LogP contribution < -0.4 is 10.2 Å². The highest BCUT2D eigenvalue weighted by Gasteiger charge is 2.27. The summed E-state index contributed by atoms with van der Waals surface area (Å²) in [5.74, 6) is -0.561. The number of likely N-dealkylation sites (N-methyl/N-ethyl adjacent to an activating group) is 1. The fraction of sp³-hybridized carbons (Fsp3) is 0.696. The number of hydrogen-bond donors (Lipinski definition) is 1. The Morgan fingerprint density at radius 1 is 0.404 bits per heavy atom. The molecule has 89 heavy (non-hydrogen) atoms. The Labute approximate surface area is 549 Å². The number of nitrogens with one attached hydrogen (secondary N) is 1. The smallest absolute Gasteiger partial charge is 0.306 e. The van der Waals surface area contributed by atoms with Gasteiger partial charge in [0.1, 0.15) is 19.3 Å². The van der Waals surface area contributed by atoms with Crippen LogP contribution in [0, 0.1) is 0 Å². The molecule has 0 aromatic carbocycles. The normalized spacial score (nSPS) is 14.3. The molecule has 510 valence electrons. The van der Waals surface area contributed by atoms with Gasteiger partial charge >= 0.3 is 5.97 Å². The first kappa shape index (κ1) is 85.2. The van der Waals surface area contributed by atoms with Crippen molar-refractivity contribution >= 4 is 19.7 Å². The van der Waals surface area contributed by atoms with Gasteiger partial charge in [-0.25, -0.2) is 0 Å². The molecule has 0 saturated heterocycles. The Balaban J connectivity index is 5.05. The van der Waals surface area contributed by atoms with E-state index in [0.717, 1.165) is 141 Å². The highest BCUT2D eigenvalue weighted by atomic mass is 31.2. The molecule has 9 nitrogen and oxygen atoms in total. The minimum absolute atomic E-state index is 0.0317. The van der Waals surface area contributed by atoms with Crippen molar-refractivity contribution in [1.82, 2.24) is 5.32 Å². The first-order chi connectivity index (χ1) is 43.4. The van der Waals surface area contributed by atoms with Crippen molar-refractivity contribution in [1.29, 1.82) is 0 Å². The zero-order chi connectivity index (χ0) is 64.9. The third-order valence-electron chi connectivity index (χ3n) is 15.6. The number of amides is 1. The van der Waals surface area contributed by atoms with E-state index in [9.17, 15) is 19.0 Å². The SMILES string of the molecule is CC/C=C\C/C=C\C/C=C\C/C=C\C/C=C\C/C=C\CCCCCCCCCCC(=O)NC(COP(=O)([O-])OCC[N+](C)(C)C)C(/C=C/CCCCCCCCCCC)OC(=O)CCCCCCCCCCC/C=C\C/C=C\C/C=C\C/C=C\CCCCC.